The Labute approximate surface area is 114 Å². The number of aliphatic hydroxyl groups excluding tert-OH is 1. The Morgan fingerprint density at radius 2 is 2.05 bits per heavy atom. The van der Waals surface area contributed by atoms with Crippen LogP contribution in [0.15, 0.2) is 6.20 Å². The molecule has 2 aliphatic rings. The van der Waals surface area contributed by atoms with E-state index in [2.05, 4.69) is 16.8 Å². The summed E-state index contributed by atoms with van der Waals surface area (Å²) in [5.74, 6) is 4.93. The molecule has 2 atom stereocenters. The number of rotatable bonds is 1. The number of piperidine rings is 1. The molecule has 2 fully saturated rings. The summed E-state index contributed by atoms with van der Waals surface area (Å²) in [4.78, 5) is 30.4. The van der Waals surface area contributed by atoms with Gasteiger partial charge in [0, 0.05) is 11.8 Å². The van der Waals surface area contributed by atoms with Gasteiger partial charge in [-0.05, 0) is 19.3 Å². The van der Waals surface area contributed by atoms with Crippen molar-refractivity contribution in [3.63, 3.8) is 0 Å². The fraction of sp³-hybridized carbons (Fsp3) is 0.462. The second kappa shape index (κ2) is 4.76. The van der Waals surface area contributed by atoms with Crippen LogP contribution < -0.4 is 4.90 Å². The molecule has 3 rings (SSSR count). The van der Waals surface area contributed by atoms with Crippen molar-refractivity contribution in [2.45, 2.75) is 19.3 Å². The zero-order valence-electron chi connectivity index (χ0n) is 10.1. The number of anilines is 1. The normalized spacial score (nSPS) is 25.4. The van der Waals surface area contributed by atoms with E-state index in [1.807, 2.05) is 0 Å². The lowest BCUT2D eigenvalue weighted by atomic mass is 9.98. The van der Waals surface area contributed by atoms with Crippen molar-refractivity contribution in [3.8, 4) is 11.8 Å². The second-order valence-corrected chi connectivity index (χ2v) is 5.69. The van der Waals surface area contributed by atoms with Crippen LogP contribution in [0.1, 0.15) is 24.1 Å². The molecule has 1 aromatic rings. The smallest absolute Gasteiger partial charge is 0.238 e. The number of nitrogens with zero attached hydrogens (tertiary/aromatic N) is 2. The van der Waals surface area contributed by atoms with Crippen molar-refractivity contribution >= 4 is 28.3 Å². The first-order chi connectivity index (χ1) is 9.20. The van der Waals surface area contributed by atoms with E-state index in [0.717, 1.165) is 12.8 Å². The van der Waals surface area contributed by atoms with Gasteiger partial charge in [0.05, 0.1) is 11.1 Å². The Kier molecular flexibility index (Phi) is 3.09. The highest BCUT2D eigenvalue weighted by molar-refractivity contribution is 7.16. The van der Waals surface area contributed by atoms with Gasteiger partial charge in [0.25, 0.3) is 0 Å². The minimum Gasteiger partial charge on any atom is -0.384 e. The molecule has 5 nitrogen and oxygen atoms in total. The van der Waals surface area contributed by atoms with Gasteiger partial charge in [-0.15, -0.1) is 0 Å². The maximum atomic E-state index is 12.2. The molecule has 19 heavy (non-hydrogen) atoms. The van der Waals surface area contributed by atoms with Gasteiger partial charge in [-0.1, -0.05) is 23.2 Å². The number of thiazole rings is 1. The molecular formula is C13H12N2O3S. The van der Waals surface area contributed by atoms with Crippen LogP contribution in [-0.2, 0) is 9.59 Å². The Bertz CT molecular complexity index is 577. The molecule has 1 saturated carbocycles. The summed E-state index contributed by atoms with van der Waals surface area (Å²) in [7, 11) is 0. The summed E-state index contributed by atoms with van der Waals surface area (Å²) < 4.78 is 0. The van der Waals surface area contributed by atoms with Crippen LogP contribution >= 0.6 is 11.3 Å². The molecule has 98 valence electrons. The number of hydrogen-bond acceptors (Lipinski definition) is 5. The average Bonchev–Trinajstić information content (AvgIpc) is 3.03. The van der Waals surface area contributed by atoms with Crippen LogP contribution in [0.4, 0.5) is 5.13 Å². The summed E-state index contributed by atoms with van der Waals surface area (Å²) in [6, 6.07) is 0. The van der Waals surface area contributed by atoms with Crippen molar-refractivity contribution in [3.05, 3.63) is 11.1 Å². The molecule has 0 aromatic carbocycles. The molecule has 0 spiro atoms. The Hall–Kier alpha value is -1.71. The van der Waals surface area contributed by atoms with Gasteiger partial charge < -0.3 is 5.11 Å². The van der Waals surface area contributed by atoms with Gasteiger partial charge in [-0.3, -0.25) is 9.59 Å². The predicted octanol–water partition coefficient (Wildman–Crippen LogP) is 0.776. The number of hydrogen-bond donors (Lipinski definition) is 1. The SMILES string of the molecule is O=C1C2CCC(C2)C(=O)N1c1ncc(C#CCO)s1. The summed E-state index contributed by atoms with van der Waals surface area (Å²) in [5, 5.41) is 9.03. The Morgan fingerprint density at radius 3 is 2.68 bits per heavy atom. The second-order valence-electron chi connectivity index (χ2n) is 4.69. The van der Waals surface area contributed by atoms with Crippen LogP contribution in [0.25, 0.3) is 0 Å². The van der Waals surface area contributed by atoms with Crippen LogP contribution in [0.5, 0.6) is 0 Å². The van der Waals surface area contributed by atoms with Crippen molar-refractivity contribution in [1.82, 2.24) is 4.98 Å². The molecule has 2 heterocycles. The molecule has 1 N–H and O–H groups in total. The zero-order chi connectivity index (χ0) is 13.4. The van der Waals surface area contributed by atoms with Crippen molar-refractivity contribution in [2.75, 3.05) is 11.5 Å². The first kappa shape index (κ1) is 12.3. The first-order valence-corrected chi connectivity index (χ1v) is 6.95. The summed E-state index contributed by atoms with van der Waals surface area (Å²) in [5.41, 5.74) is 0. The van der Waals surface area contributed by atoms with Gasteiger partial charge in [0.1, 0.15) is 6.61 Å². The van der Waals surface area contributed by atoms with Crippen LogP contribution in [0.2, 0.25) is 0 Å². The maximum absolute atomic E-state index is 12.2. The van der Waals surface area contributed by atoms with Crippen LogP contribution in [-0.4, -0.2) is 28.5 Å². The van der Waals surface area contributed by atoms with E-state index in [1.54, 1.807) is 0 Å². The fourth-order valence-electron chi connectivity index (χ4n) is 2.65. The summed E-state index contributed by atoms with van der Waals surface area (Å²) in [6.45, 7) is -0.223. The molecule has 1 aromatic heterocycles. The Balaban J connectivity index is 1.90. The molecule has 2 bridgehead atoms. The third-order valence-corrected chi connectivity index (χ3v) is 4.45. The molecule has 1 saturated heterocycles. The standard InChI is InChI=1S/C13H12N2O3S/c16-5-1-2-10-7-14-13(19-10)15-11(17)8-3-4-9(6-8)12(15)18/h7-9,16H,3-6H2. The number of imide groups is 1. The average molecular weight is 276 g/mol. The van der Waals surface area contributed by atoms with Gasteiger partial charge in [-0.2, -0.15) is 0 Å². The maximum Gasteiger partial charge on any atom is 0.238 e. The van der Waals surface area contributed by atoms with E-state index in [0.29, 0.717) is 16.4 Å². The minimum absolute atomic E-state index is 0.0291. The third kappa shape index (κ3) is 2.05. The quantitative estimate of drug-likeness (QED) is 0.608. The molecule has 2 unspecified atom stereocenters. The van der Waals surface area contributed by atoms with Crippen LogP contribution in [0.3, 0.4) is 0 Å². The summed E-state index contributed by atoms with van der Waals surface area (Å²) in [6.07, 6.45) is 3.82. The fourth-order valence-corrected chi connectivity index (χ4v) is 3.45. The number of carbonyl (C=O) groups is 2. The van der Waals surface area contributed by atoms with Gasteiger partial charge in [0.15, 0.2) is 5.13 Å². The van der Waals surface area contributed by atoms with Crippen LogP contribution in [0, 0.1) is 23.7 Å². The number of fused-ring (bicyclic) bond motifs is 2. The molecule has 0 radical (unpaired) electrons. The molecule has 2 amide bonds. The van der Waals surface area contributed by atoms with Crippen molar-refractivity contribution in [1.29, 1.82) is 0 Å². The third-order valence-electron chi connectivity index (χ3n) is 3.55. The van der Waals surface area contributed by atoms with E-state index in [1.165, 1.54) is 22.4 Å². The van der Waals surface area contributed by atoms with E-state index in [-0.39, 0.29) is 30.3 Å². The topological polar surface area (TPSA) is 70.5 Å². The van der Waals surface area contributed by atoms with Crippen molar-refractivity contribution < 1.29 is 14.7 Å². The number of aromatic nitrogens is 1. The highest BCUT2D eigenvalue weighted by atomic mass is 32.1. The van der Waals surface area contributed by atoms with E-state index < -0.39 is 0 Å². The lowest BCUT2D eigenvalue weighted by Gasteiger charge is -2.27. The lowest BCUT2D eigenvalue weighted by Crippen LogP contribution is -2.46. The monoisotopic (exact) mass is 276 g/mol. The minimum atomic E-state index is -0.223. The van der Waals surface area contributed by atoms with E-state index in [4.69, 9.17) is 5.11 Å². The van der Waals surface area contributed by atoms with Gasteiger partial charge in [0.2, 0.25) is 11.8 Å². The van der Waals surface area contributed by atoms with Gasteiger partial charge in [-0.25, -0.2) is 9.88 Å². The predicted molar refractivity (Wildman–Crippen MR) is 69.4 cm³/mol. The molecule has 1 aliphatic heterocycles. The largest absolute Gasteiger partial charge is 0.384 e. The zero-order valence-corrected chi connectivity index (χ0v) is 10.9. The summed E-state index contributed by atoms with van der Waals surface area (Å²) >= 11 is 1.21. The Morgan fingerprint density at radius 1 is 1.37 bits per heavy atom. The number of amides is 2. The number of carbonyl (C=O) groups excluding carboxylic acids is 2. The lowest BCUT2D eigenvalue weighted by molar-refractivity contribution is -0.132. The molecule has 1 aliphatic carbocycles. The van der Waals surface area contributed by atoms with Gasteiger partial charge >= 0.3 is 0 Å². The highest BCUT2D eigenvalue weighted by Crippen LogP contribution is 2.40. The molecular weight excluding hydrogens is 264 g/mol. The number of aliphatic hydroxyl groups is 1. The van der Waals surface area contributed by atoms with Crippen molar-refractivity contribution in [2.24, 2.45) is 11.8 Å². The first-order valence-electron chi connectivity index (χ1n) is 6.14. The van der Waals surface area contributed by atoms with E-state index >= 15 is 0 Å². The molecule has 6 heteroatoms. The van der Waals surface area contributed by atoms with E-state index in [9.17, 15) is 9.59 Å². The highest BCUT2D eigenvalue weighted by Gasteiger charge is 2.46.